The largest absolute Gasteiger partial charge is 0.497 e. The lowest BCUT2D eigenvalue weighted by Gasteiger charge is -2.21. The quantitative estimate of drug-likeness (QED) is 0.841. The maximum absolute atomic E-state index is 5.46. The molecule has 2 atom stereocenters. The van der Waals surface area contributed by atoms with Gasteiger partial charge in [-0.3, -0.25) is 0 Å². The second-order valence-electron chi connectivity index (χ2n) is 4.85. The smallest absolute Gasteiger partial charge is 0.119 e. The van der Waals surface area contributed by atoms with E-state index in [1.807, 2.05) is 6.07 Å². The van der Waals surface area contributed by atoms with Gasteiger partial charge in [-0.15, -0.1) is 0 Å². The summed E-state index contributed by atoms with van der Waals surface area (Å²) in [4.78, 5) is 0. The molecule has 1 aliphatic rings. The Kier molecular flexibility index (Phi) is 5.02. The molecular weight excluding hydrogens is 226 g/mol. The topological polar surface area (TPSA) is 30.5 Å². The Morgan fingerprint density at radius 2 is 2.39 bits per heavy atom. The Morgan fingerprint density at radius 3 is 3.06 bits per heavy atom. The summed E-state index contributed by atoms with van der Waals surface area (Å²) in [5.41, 5.74) is 1.31. The molecule has 1 fully saturated rings. The molecule has 1 aliphatic heterocycles. The third-order valence-corrected chi connectivity index (χ3v) is 3.54. The molecule has 2 rings (SSSR count). The molecule has 1 aromatic rings. The highest BCUT2D eigenvalue weighted by Gasteiger charge is 2.21. The Balaban J connectivity index is 2.06. The fraction of sp³-hybridized carbons (Fsp3) is 0.600. The van der Waals surface area contributed by atoms with E-state index in [0.29, 0.717) is 12.0 Å². The van der Waals surface area contributed by atoms with Gasteiger partial charge in [0.1, 0.15) is 5.75 Å². The van der Waals surface area contributed by atoms with Crippen molar-refractivity contribution in [1.29, 1.82) is 0 Å². The first-order valence-electron chi connectivity index (χ1n) is 6.78. The van der Waals surface area contributed by atoms with Gasteiger partial charge in [-0.05, 0) is 43.0 Å². The summed E-state index contributed by atoms with van der Waals surface area (Å²) in [6.45, 7) is 4.96. The molecular formula is C15H23NO2. The second kappa shape index (κ2) is 6.76. The Labute approximate surface area is 109 Å². The maximum atomic E-state index is 5.46. The molecule has 0 radical (unpaired) electrons. The number of hydrogen-bond donors (Lipinski definition) is 1. The van der Waals surface area contributed by atoms with E-state index in [2.05, 4.69) is 30.4 Å². The van der Waals surface area contributed by atoms with Crippen molar-refractivity contribution < 1.29 is 9.47 Å². The predicted molar refractivity (Wildman–Crippen MR) is 73.0 cm³/mol. The van der Waals surface area contributed by atoms with Crippen molar-refractivity contribution in [2.75, 3.05) is 26.9 Å². The SMILES string of the molecule is CCNC(CC1CCOC1)c1cccc(OC)c1. The normalized spacial score (nSPS) is 20.9. The second-order valence-corrected chi connectivity index (χ2v) is 4.85. The van der Waals surface area contributed by atoms with Crippen molar-refractivity contribution in [2.24, 2.45) is 5.92 Å². The van der Waals surface area contributed by atoms with Crippen LogP contribution in [0.25, 0.3) is 0 Å². The summed E-state index contributed by atoms with van der Waals surface area (Å²) < 4.78 is 10.8. The zero-order chi connectivity index (χ0) is 12.8. The molecule has 3 heteroatoms. The number of nitrogens with one attached hydrogen (secondary N) is 1. The molecule has 0 bridgehead atoms. The van der Waals surface area contributed by atoms with Crippen LogP contribution in [0.15, 0.2) is 24.3 Å². The first-order chi connectivity index (χ1) is 8.83. The van der Waals surface area contributed by atoms with E-state index in [9.17, 15) is 0 Å². The van der Waals surface area contributed by atoms with Crippen LogP contribution >= 0.6 is 0 Å². The fourth-order valence-electron chi connectivity index (χ4n) is 2.54. The summed E-state index contributed by atoms with van der Waals surface area (Å²) in [7, 11) is 1.71. The van der Waals surface area contributed by atoms with Crippen molar-refractivity contribution in [3.63, 3.8) is 0 Å². The van der Waals surface area contributed by atoms with Crippen LogP contribution in [-0.2, 0) is 4.74 Å². The predicted octanol–water partition coefficient (Wildman–Crippen LogP) is 2.77. The van der Waals surface area contributed by atoms with Crippen molar-refractivity contribution in [2.45, 2.75) is 25.8 Å². The summed E-state index contributed by atoms with van der Waals surface area (Å²) in [6, 6.07) is 8.75. The van der Waals surface area contributed by atoms with E-state index in [4.69, 9.17) is 9.47 Å². The molecule has 0 aliphatic carbocycles. The minimum absolute atomic E-state index is 0.400. The standard InChI is InChI=1S/C15H23NO2/c1-3-16-15(9-12-7-8-18-11-12)13-5-4-6-14(10-13)17-2/h4-6,10,12,15-16H,3,7-9,11H2,1-2H3. The molecule has 0 aromatic heterocycles. The third kappa shape index (κ3) is 3.47. The highest BCUT2D eigenvalue weighted by molar-refractivity contribution is 5.30. The minimum Gasteiger partial charge on any atom is -0.497 e. The highest BCUT2D eigenvalue weighted by atomic mass is 16.5. The zero-order valence-electron chi connectivity index (χ0n) is 11.3. The number of methoxy groups -OCH3 is 1. The van der Waals surface area contributed by atoms with Crippen LogP contribution in [0.4, 0.5) is 0 Å². The Bertz CT molecular complexity index is 361. The van der Waals surface area contributed by atoms with Gasteiger partial charge >= 0.3 is 0 Å². The van der Waals surface area contributed by atoms with E-state index in [0.717, 1.165) is 31.9 Å². The lowest BCUT2D eigenvalue weighted by Crippen LogP contribution is -2.23. The molecule has 1 N–H and O–H groups in total. The summed E-state index contributed by atoms with van der Waals surface area (Å²) in [5.74, 6) is 1.61. The lowest BCUT2D eigenvalue weighted by molar-refractivity contribution is 0.181. The Morgan fingerprint density at radius 1 is 1.50 bits per heavy atom. The molecule has 1 saturated heterocycles. The minimum atomic E-state index is 0.400. The van der Waals surface area contributed by atoms with Crippen molar-refractivity contribution in [3.05, 3.63) is 29.8 Å². The van der Waals surface area contributed by atoms with Crippen molar-refractivity contribution in [1.82, 2.24) is 5.32 Å². The van der Waals surface area contributed by atoms with Gasteiger partial charge < -0.3 is 14.8 Å². The number of benzene rings is 1. The first-order valence-corrected chi connectivity index (χ1v) is 6.78. The van der Waals surface area contributed by atoms with Gasteiger partial charge in [0.15, 0.2) is 0 Å². The zero-order valence-corrected chi connectivity index (χ0v) is 11.3. The van der Waals surface area contributed by atoms with Gasteiger partial charge in [-0.1, -0.05) is 19.1 Å². The average molecular weight is 249 g/mol. The van der Waals surface area contributed by atoms with Gasteiger partial charge in [-0.2, -0.15) is 0 Å². The maximum Gasteiger partial charge on any atom is 0.119 e. The van der Waals surface area contributed by atoms with Crippen LogP contribution in [0.2, 0.25) is 0 Å². The molecule has 0 saturated carbocycles. The van der Waals surface area contributed by atoms with E-state index < -0.39 is 0 Å². The molecule has 1 aromatic carbocycles. The molecule has 100 valence electrons. The van der Waals surface area contributed by atoms with E-state index in [1.165, 1.54) is 12.0 Å². The summed E-state index contributed by atoms with van der Waals surface area (Å²) >= 11 is 0. The monoisotopic (exact) mass is 249 g/mol. The van der Waals surface area contributed by atoms with Gasteiger partial charge in [-0.25, -0.2) is 0 Å². The van der Waals surface area contributed by atoms with E-state index in [1.54, 1.807) is 7.11 Å². The number of hydrogen-bond acceptors (Lipinski definition) is 3. The van der Waals surface area contributed by atoms with Crippen LogP contribution < -0.4 is 10.1 Å². The highest BCUT2D eigenvalue weighted by Crippen LogP contribution is 2.28. The molecule has 1 heterocycles. The fourth-order valence-corrected chi connectivity index (χ4v) is 2.54. The summed E-state index contributed by atoms with van der Waals surface area (Å²) in [6.07, 6.45) is 2.33. The Hall–Kier alpha value is -1.06. The molecule has 2 unspecified atom stereocenters. The van der Waals surface area contributed by atoms with Gasteiger partial charge in [0.25, 0.3) is 0 Å². The average Bonchev–Trinajstić information content (AvgIpc) is 2.91. The lowest BCUT2D eigenvalue weighted by atomic mass is 9.94. The first kappa shape index (κ1) is 13.4. The van der Waals surface area contributed by atoms with Crippen LogP contribution in [0.3, 0.4) is 0 Å². The van der Waals surface area contributed by atoms with Crippen LogP contribution in [0, 0.1) is 5.92 Å². The van der Waals surface area contributed by atoms with Gasteiger partial charge in [0, 0.05) is 19.3 Å². The number of ether oxygens (including phenoxy) is 2. The third-order valence-electron chi connectivity index (χ3n) is 3.54. The van der Waals surface area contributed by atoms with Crippen LogP contribution in [0.1, 0.15) is 31.4 Å². The van der Waals surface area contributed by atoms with Crippen molar-refractivity contribution >= 4 is 0 Å². The summed E-state index contributed by atoms with van der Waals surface area (Å²) in [5, 5.41) is 3.57. The van der Waals surface area contributed by atoms with E-state index in [-0.39, 0.29) is 0 Å². The molecule has 0 spiro atoms. The number of rotatable bonds is 6. The molecule has 0 amide bonds. The van der Waals surface area contributed by atoms with Crippen LogP contribution in [0.5, 0.6) is 5.75 Å². The molecule has 3 nitrogen and oxygen atoms in total. The van der Waals surface area contributed by atoms with Gasteiger partial charge in [0.2, 0.25) is 0 Å². The van der Waals surface area contributed by atoms with Crippen LogP contribution in [-0.4, -0.2) is 26.9 Å². The molecule has 18 heavy (non-hydrogen) atoms. The van der Waals surface area contributed by atoms with Crippen molar-refractivity contribution in [3.8, 4) is 5.75 Å². The van der Waals surface area contributed by atoms with E-state index >= 15 is 0 Å². The van der Waals surface area contributed by atoms with Gasteiger partial charge in [0.05, 0.1) is 7.11 Å².